The van der Waals surface area contributed by atoms with E-state index in [2.05, 4.69) is 19.2 Å². The highest BCUT2D eigenvalue weighted by Gasteiger charge is 2.15. The van der Waals surface area contributed by atoms with Gasteiger partial charge in [0.2, 0.25) is 0 Å². The van der Waals surface area contributed by atoms with Gasteiger partial charge in [0.05, 0.1) is 0 Å². The Bertz CT molecular complexity index is 102. The number of hydrogen-bond acceptors (Lipinski definition) is 1. The van der Waals surface area contributed by atoms with Gasteiger partial charge in [-0.2, -0.15) is 0 Å². The lowest BCUT2D eigenvalue weighted by Crippen LogP contribution is -2.38. The molecule has 0 aromatic heterocycles. The number of rotatable bonds is 4. The van der Waals surface area contributed by atoms with Crippen molar-refractivity contribution in [1.29, 1.82) is 0 Å². The van der Waals surface area contributed by atoms with Gasteiger partial charge in [-0.1, -0.05) is 33.1 Å². The van der Waals surface area contributed by atoms with Gasteiger partial charge >= 0.3 is 0 Å². The summed E-state index contributed by atoms with van der Waals surface area (Å²) in [6.07, 6.45) is 9.32. The quantitative estimate of drug-likeness (QED) is 0.680. The molecule has 0 bridgehead atoms. The summed E-state index contributed by atoms with van der Waals surface area (Å²) >= 11 is 0. The van der Waals surface area contributed by atoms with Gasteiger partial charge in [-0.05, 0) is 25.7 Å². The molecule has 0 heterocycles. The molecule has 1 rings (SSSR count). The molecule has 0 aromatic rings. The molecule has 0 aromatic carbocycles. The van der Waals surface area contributed by atoms with E-state index in [1.807, 2.05) is 0 Å². The minimum Gasteiger partial charge on any atom is -0.311 e. The molecule has 0 amide bonds. The van der Waals surface area contributed by atoms with Crippen LogP contribution in [0.3, 0.4) is 0 Å². The van der Waals surface area contributed by atoms with Crippen molar-refractivity contribution >= 4 is 0 Å². The standard InChI is InChI=1S/C11H22N/c1-3-10(4-2)12-11-8-6-5-7-9-11/h10-12H,1,3-9H2,2H3. The molecule has 1 nitrogen and oxygen atoms in total. The molecule has 1 aliphatic carbocycles. The van der Waals surface area contributed by atoms with Gasteiger partial charge in [-0.25, -0.2) is 0 Å². The van der Waals surface area contributed by atoms with Crippen LogP contribution in [0, 0.1) is 6.92 Å². The first kappa shape index (κ1) is 10.0. The molecule has 1 aliphatic rings. The van der Waals surface area contributed by atoms with Gasteiger partial charge in [-0.15, -0.1) is 0 Å². The molecule has 1 radical (unpaired) electrons. The van der Waals surface area contributed by atoms with Gasteiger partial charge < -0.3 is 5.32 Å². The van der Waals surface area contributed by atoms with Crippen LogP contribution in [-0.2, 0) is 0 Å². The van der Waals surface area contributed by atoms with Gasteiger partial charge in [0.1, 0.15) is 0 Å². The van der Waals surface area contributed by atoms with E-state index in [4.69, 9.17) is 0 Å². The Labute approximate surface area is 76.9 Å². The molecule has 1 saturated carbocycles. The van der Waals surface area contributed by atoms with E-state index in [-0.39, 0.29) is 0 Å². The average molecular weight is 168 g/mol. The van der Waals surface area contributed by atoms with Crippen molar-refractivity contribution in [2.45, 2.75) is 64.0 Å². The lowest BCUT2D eigenvalue weighted by atomic mass is 9.94. The van der Waals surface area contributed by atoms with Crippen LogP contribution < -0.4 is 5.32 Å². The average Bonchev–Trinajstić information content (AvgIpc) is 2.16. The van der Waals surface area contributed by atoms with Crippen molar-refractivity contribution in [3.8, 4) is 0 Å². The first-order valence-electron chi connectivity index (χ1n) is 5.42. The first-order valence-corrected chi connectivity index (χ1v) is 5.42. The van der Waals surface area contributed by atoms with Gasteiger partial charge in [0, 0.05) is 12.1 Å². The molecule has 0 saturated heterocycles. The summed E-state index contributed by atoms with van der Waals surface area (Å²) in [6.45, 7) is 6.20. The van der Waals surface area contributed by atoms with Crippen LogP contribution in [0.4, 0.5) is 0 Å². The van der Waals surface area contributed by atoms with Crippen molar-refractivity contribution in [2.75, 3.05) is 0 Å². The zero-order chi connectivity index (χ0) is 8.81. The Hall–Kier alpha value is -0.0400. The monoisotopic (exact) mass is 168 g/mol. The van der Waals surface area contributed by atoms with Crippen LogP contribution >= 0.6 is 0 Å². The van der Waals surface area contributed by atoms with E-state index in [0.29, 0.717) is 6.04 Å². The molecular formula is C11H22N. The fourth-order valence-electron chi connectivity index (χ4n) is 2.01. The largest absolute Gasteiger partial charge is 0.311 e. The van der Waals surface area contributed by atoms with E-state index in [0.717, 1.165) is 12.5 Å². The predicted octanol–water partition coefficient (Wildman–Crippen LogP) is 2.91. The van der Waals surface area contributed by atoms with Crippen molar-refractivity contribution in [3.05, 3.63) is 6.92 Å². The molecule has 1 unspecified atom stereocenters. The van der Waals surface area contributed by atoms with E-state index < -0.39 is 0 Å². The molecular weight excluding hydrogens is 146 g/mol. The van der Waals surface area contributed by atoms with Crippen LogP contribution in [0.1, 0.15) is 51.9 Å². The zero-order valence-corrected chi connectivity index (χ0v) is 8.31. The molecule has 1 fully saturated rings. The summed E-state index contributed by atoms with van der Waals surface area (Å²) in [6, 6.07) is 1.46. The molecule has 71 valence electrons. The fraction of sp³-hybridized carbons (Fsp3) is 0.909. The summed E-state index contributed by atoms with van der Waals surface area (Å²) in [5, 5.41) is 3.69. The molecule has 0 aliphatic heterocycles. The van der Waals surface area contributed by atoms with Crippen molar-refractivity contribution in [3.63, 3.8) is 0 Å². The Kier molecular flexibility index (Phi) is 4.67. The van der Waals surface area contributed by atoms with E-state index in [1.54, 1.807) is 0 Å². The number of hydrogen-bond donors (Lipinski definition) is 1. The summed E-state index contributed by atoms with van der Waals surface area (Å²) in [5.74, 6) is 0. The van der Waals surface area contributed by atoms with Crippen molar-refractivity contribution in [1.82, 2.24) is 5.32 Å². The van der Waals surface area contributed by atoms with Gasteiger partial charge in [0.15, 0.2) is 0 Å². The summed E-state index contributed by atoms with van der Waals surface area (Å²) in [4.78, 5) is 0. The van der Waals surface area contributed by atoms with Crippen molar-refractivity contribution < 1.29 is 0 Å². The third kappa shape index (κ3) is 3.14. The van der Waals surface area contributed by atoms with Gasteiger partial charge in [0.25, 0.3) is 0 Å². The zero-order valence-electron chi connectivity index (χ0n) is 8.31. The molecule has 1 heteroatoms. The third-order valence-corrected chi connectivity index (χ3v) is 2.92. The Balaban J connectivity index is 2.18. The van der Waals surface area contributed by atoms with E-state index in [9.17, 15) is 0 Å². The fourth-order valence-corrected chi connectivity index (χ4v) is 2.01. The lowest BCUT2D eigenvalue weighted by Gasteiger charge is -2.27. The third-order valence-electron chi connectivity index (χ3n) is 2.92. The van der Waals surface area contributed by atoms with Crippen molar-refractivity contribution in [2.24, 2.45) is 0 Å². The highest BCUT2D eigenvalue weighted by atomic mass is 14.9. The van der Waals surface area contributed by atoms with Crippen LogP contribution in [-0.4, -0.2) is 12.1 Å². The van der Waals surface area contributed by atoms with Crippen LogP contribution in [0.25, 0.3) is 0 Å². The molecule has 12 heavy (non-hydrogen) atoms. The Morgan fingerprint density at radius 3 is 2.50 bits per heavy atom. The second-order valence-electron chi connectivity index (χ2n) is 3.90. The van der Waals surface area contributed by atoms with Crippen LogP contribution in [0.2, 0.25) is 0 Å². The SMILES string of the molecule is [CH2]CC(CC)NC1CCCCC1. The minimum atomic E-state index is 0.660. The predicted molar refractivity (Wildman–Crippen MR) is 54.1 cm³/mol. The maximum absolute atomic E-state index is 3.96. The maximum atomic E-state index is 3.96. The molecule has 0 spiro atoms. The van der Waals surface area contributed by atoms with Crippen LogP contribution in [0.5, 0.6) is 0 Å². The van der Waals surface area contributed by atoms with E-state index in [1.165, 1.54) is 38.5 Å². The van der Waals surface area contributed by atoms with Gasteiger partial charge in [-0.3, -0.25) is 0 Å². The molecule has 1 atom stereocenters. The second kappa shape index (κ2) is 5.58. The second-order valence-corrected chi connectivity index (χ2v) is 3.90. The van der Waals surface area contributed by atoms with Crippen LogP contribution in [0.15, 0.2) is 0 Å². The summed E-state index contributed by atoms with van der Waals surface area (Å²) < 4.78 is 0. The summed E-state index contributed by atoms with van der Waals surface area (Å²) in [5.41, 5.74) is 0. The Morgan fingerprint density at radius 1 is 1.33 bits per heavy atom. The molecule has 1 N–H and O–H groups in total. The minimum absolute atomic E-state index is 0.660. The maximum Gasteiger partial charge on any atom is 0.00696 e. The highest BCUT2D eigenvalue weighted by Crippen LogP contribution is 2.18. The Morgan fingerprint density at radius 2 is 2.00 bits per heavy atom. The number of nitrogens with one attached hydrogen (secondary N) is 1. The highest BCUT2D eigenvalue weighted by molar-refractivity contribution is 4.76. The lowest BCUT2D eigenvalue weighted by molar-refractivity contribution is 0.331. The summed E-state index contributed by atoms with van der Waals surface area (Å²) in [7, 11) is 0. The normalized spacial score (nSPS) is 20.2. The van der Waals surface area contributed by atoms with E-state index >= 15 is 0 Å². The first-order chi connectivity index (χ1) is 5.86. The smallest absolute Gasteiger partial charge is 0.00696 e. The topological polar surface area (TPSA) is 12.0 Å².